The summed E-state index contributed by atoms with van der Waals surface area (Å²) in [6.07, 6.45) is 1.68. The van der Waals surface area contributed by atoms with Crippen LogP contribution in [0.15, 0.2) is 95.9 Å². The number of thioether (sulfide) groups is 1. The molecular formula is C29H21NO5S. The SMILES string of the molecule is O=C(O)c1ccc(COc2ccccc2/C=C2/SC(=O)N(Cc3cccc4ccccc34)C2=O)cc1. The van der Waals surface area contributed by atoms with Crippen LogP contribution in [-0.2, 0) is 17.9 Å². The fourth-order valence-electron chi connectivity index (χ4n) is 4.01. The molecule has 4 aromatic rings. The molecule has 7 heteroatoms. The summed E-state index contributed by atoms with van der Waals surface area (Å²) in [4.78, 5) is 38.6. The van der Waals surface area contributed by atoms with Gasteiger partial charge in [0.2, 0.25) is 0 Å². The van der Waals surface area contributed by atoms with Gasteiger partial charge in [-0.25, -0.2) is 4.79 Å². The van der Waals surface area contributed by atoms with E-state index in [-0.39, 0.29) is 29.9 Å². The zero-order chi connectivity index (χ0) is 25.1. The maximum absolute atomic E-state index is 13.2. The predicted octanol–water partition coefficient (Wildman–Crippen LogP) is 6.35. The molecule has 1 heterocycles. The van der Waals surface area contributed by atoms with Gasteiger partial charge in [0.25, 0.3) is 11.1 Å². The molecule has 0 bridgehead atoms. The lowest BCUT2D eigenvalue weighted by atomic mass is 10.0. The Hall–Kier alpha value is -4.36. The molecule has 1 N–H and O–H groups in total. The van der Waals surface area contributed by atoms with E-state index >= 15 is 0 Å². The molecule has 0 unspecified atom stereocenters. The van der Waals surface area contributed by atoms with E-state index in [0.29, 0.717) is 16.2 Å². The standard InChI is InChI=1S/C29H21NO5S/c31-27-26(36-29(34)30(27)17-23-9-5-8-20-6-1-3-10-24(20)23)16-22-7-2-4-11-25(22)35-18-19-12-14-21(15-13-19)28(32)33/h1-16H,17-18H2,(H,32,33)/b26-16+. The lowest BCUT2D eigenvalue weighted by Gasteiger charge is -2.14. The number of amides is 2. The summed E-state index contributed by atoms with van der Waals surface area (Å²) in [6.45, 7) is 0.432. The average molecular weight is 496 g/mol. The largest absolute Gasteiger partial charge is 0.488 e. The van der Waals surface area contributed by atoms with Gasteiger partial charge in [0.1, 0.15) is 12.4 Å². The first kappa shape index (κ1) is 23.4. The van der Waals surface area contributed by atoms with Gasteiger partial charge in [-0.15, -0.1) is 0 Å². The number of carbonyl (C=O) groups is 3. The predicted molar refractivity (Wildman–Crippen MR) is 140 cm³/mol. The third-order valence-electron chi connectivity index (χ3n) is 5.88. The van der Waals surface area contributed by atoms with Gasteiger partial charge in [-0.3, -0.25) is 14.5 Å². The number of ether oxygens (including phenoxy) is 1. The van der Waals surface area contributed by atoms with Gasteiger partial charge >= 0.3 is 5.97 Å². The first-order chi connectivity index (χ1) is 17.5. The van der Waals surface area contributed by atoms with E-state index in [2.05, 4.69) is 0 Å². The zero-order valence-corrected chi connectivity index (χ0v) is 19.9. The molecule has 4 aromatic carbocycles. The quantitative estimate of drug-likeness (QED) is 0.301. The van der Waals surface area contributed by atoms with Gasteiger partial charge in [0.05, 0.1) is 17.0 Å². The number of carboxylic acids is 1. The number of aromatic carboxylic acids is 1. The highest BCUT2D eigenvalue weighted by Gasteiger charge is 2.35. The minimum Gasteiger partial charge on any atom is -0.488 e. The van der Waals surface area contributed by atoms with Crippen molar-refractivity contribution >= 4 is 45.7 Å². The second-order valence-corrected chi connectivity index (χ2v) is 9.23. The number of carbonyl (C=O) groups excluding carboxylic acids is 2. The summed E-state index contributed by atoms with van der Waals surface area (Å²) in [5, 5.41) is 10.8. The summed E-state index contributed by atoms with van der Waals surface area (Å²) in [6, 6.07) is 27.5. The van der Waals surface area contributed by atoms with Crippen LogP contribution in [0.2, 0.25) is 0 Å². The van der Waals surface area contributed by atoms with E-state index in [1.165, 1.54) is 17.0 Å². The smallest absolute Gasteiger partial charge is 0.335 e. The second kappa shape index (κ2) is 10.1. The number of hydrogen-bond donors (Lipinski definition) is 1. The lowest BCUT2D eigenvalue weighted by molar-refractivity contribution is -0.123. The van der Waals surface area contributed by atoms with Crippen molar-refractivity contribution < 1.29 is 24.2 Å². The molecule has 0 spiro atoms. The molecule has 0 radical (unpaired) electrons. The van der Waals surface area contributed by atoms with Crippen molar-refractivity contribution in [1.82, 2.24) is 4.90 Å². The van der Waals surface area contributed by atoms with Crippen molar-refractivity contribution in [2.45, 2.75) is 13.2 Å². The normalized spacial score (nSPS) is 14.6. The molecule has 0 aromatic heterocycles. The van der Waals surface area contributed by atoms with Crippen LogP contribution in [0.5, 0.6) is 5.75 Å². The van der Waals surface area contributed by atoms with Crippen LogP contribution in [0.4, 0.5) is 4.79 Å². The van der Waals surface area contributed by atoms with Crippen molar-refractivity contribution in [1.29, 1.82) is 0 Å². The molecule has 178 valence electrons. The Kier molecular flexibility index (Phi) is 6.56. The molecular weight excluding hydrogens is 474 g/mol. The van der Waals surface area contributed by atoms with Gasteiger partial charge in [-0.05, 0) is 57.9 Å². The minimum absolute atomic E-state index is 0.202. The number of rotatable bonds is 7. The maximum Gasteiger partial charge on any atom is 0.335 e. The van der Waals surface area contributed by atoms with Gasteiger partial charge in [0.15, 0.2) is 0 Å². The van der Waals surface area contributed by atoms with Crippen LogP contribution in [-0.4, -0.2) is 27.1 Å². The monoisotopic (exact) mass is 495 g/mol. The fourth-order valence-corrected chi connectivity index (χ4v) is 4.84. The number of fused-ring (bicyclic) bond motifs is 1. The van der Waals surface area contributed by atoms with Crippen molar-refractivity contribution in [3.05, 3.63) is 118 Å². The van der Waals surface area contributed by atoms with Gasteiger partial charge in [-0.1, -0.05) is 72.8 Å². The van der Waals surface area contributed by atoms with Crippen LogP contribution in [0.1, 0.15) is 27.0 Å². The van der Waals surface area contributed by atoms with E-state index < -0.39 is 5.97 Å². The summed E-state index contributed by atoms with van der Waals surface area (Å²) in [5.74, 6) is -0.764. The van der Waals surface area contributed by atoms with Crippen molar-refractivity contribution in [3.8, 4) is 5.75 Å². The third kappa shape index (κ3) is 4.87. The minimum atomic E-state index is -0.984. The molecule has 0 saturated carbocycles. The Morgan fingerprint density at radius 2 is 1.61 bits per heavy atom. The van der Waals surface area contributed by atoms with Gasteiger partial charge in [0, 0.05) is 5.56 Å². The average Bonchev–Trinajstić information content (AvgIpc) is 3.16. The summed E-state index contributed by atoms with van der Waals surface area (Å²) in [7, 11) is 0. The van der Waals surface area contributed by atoms with Gasteiger partial charge in [-0.2, -0.15) is 0 Å². The van der Waals surface area contributed by atoms with Crippen molar-refractivity contribution in [2.24, 2.45) is 0 Å². The zero-order valence-electron chi connectivity index (χ0n) is 19.1. The van der Waals surface area contributed by atoms with Crippen LogP contribution in [0.3, 0.4) is 0 Å². The molecule has 2 amide bonds. The Bertz CT molecular complexity index is 1500. The molecule has 1 aliphatic heterocycles. The molecule has 1 saturated heterocycles. The van der Waals surface area contributed by atoms with E-state index in [9.17, 15) is 14.4 Å². The molecule has 6 nitrogen and oxygen atoms in total. The maximum atomic E-state index is 13.2. The lowest BCUT2D eigenvalue weighted by Crippen LogP contribution is -2.27. The first-order valence-electron chi connectivity index (χ1n) is 11.3. The highest BCUT2D eigenvalue weighted by Crippen LogP contribution is 2.35. The van der Waals surface area contributed by atoms with E-state index in [0.717, 1.165) is 33.7 Å². The fraction of sp³-hybridized carbons (Fsp3) is 0.0690. The molecule has 0 aliphatic carbocycles. The Morgan fingerprint density at radius 1 is 0.889 bits per heavy atom. The number of benzene rings is 4. The Labute approximate surface area is 211 Å². The third-order valence-corrected chi connectivity index (χ3v) is 6.79. The highest BCUT2D eigenvalue weighted by molar-refractivity contribution is 8.18. The van der Waals surface area contributed by atoms with Crippen LogP contribution >= 0.6 is 11.8 Å². The second-order valence-electron chi connectivity index (χ2n) is 8.23. The topological polar surface area (TPSA) is 83.9 Å². The van der Waals surface area contributed by atoms with Crippen LogP contribution < -0.4 is 4.74 Å². The summed E-state index contributed by atoms with van der Waals surface area (Å²) < 4.78 is 5.96. The number of nitrogens with zero attached hydrogens (tertiary/aromatic N) is 1. The number of para-hydroxylation sites is 1. The molecule has 0 atom stereocenters. The molecule has 5 rings (SSSR count). The number of imide groups is 1. The highest BCUT2D eigenvalue weighted by atomic mass is 32.2. The molecule has 1 aliphatic rings. The van der Waals surface area contributed by atoms with Crippen molar-refractivity contribution in [2.75, 3.05) is 0 Å². The molecule has 1 fully saturated rings. The number of carboxylic acid groups (broad SMARTS) is 1. The summed E-state index contributed by atoms with van der Waals surface area (Å²) in [5.41, 5.74) is 2.60. The van der Waals surface area contributed by atoms with E-state index in [1.54, 1.807) is 24.3 Å². The Balaban J connectivity index is 1.34. The molecule has 36 heavy (non-hydrogen) atoms. The van der Waals surface area contributed by atoms with Crippen LogP contribution in [0.25, 0.3) is 16.8 Å². The first-order valence-corrected chi connectivity index (χ1v) is 12.1. The van der Waals surface area contributed by atoms with Crippen LogP contribution in [0, 0.1) is 0 Å². The van der Waals surface area contributed by atoms with E-state index in [4.69, 9.17) is 9.84 Å². The number of hydrogen-bond acceptors (Lipinski definition) is 5. The summed E-state index contributed by atoms with van der Waals surface area (Å²) >= 11 is 0.916. The van der Waals surface area contributed by atoms with Crippen molar-refractivity contribution in [3.63, 3.8) is 0 Å². The van der Waals surface area contributed by atoms with Gasteiger partial charge < -0.3 is 9.84 Å². The Morgan fingerprint density at radius 3 is 2.42 bits per heavy atom. The van der Waals surface area contributed by atoms with E-state index in [1.807, 2.05) is 60.7 Å².